The molecule has 2 heterocycles. The van der Waals surface area contributed by atoms with Gasteiger partial charge in [-0.05, 0) is 48.8 Å². The molecule has 3 aromatic rings. The smallest absolute Gasteiger partial charge is 0.290 e. The van der Waals surface area contributed by atoms with Gasteiger partial charge >= 0.3 is 0 Å². The van der Waals surface area contributed by atoms with E-state index in [1.807, 2.05) is 54.0 Å². The molecule has 184 valence electrons. The van der Waals surface area contributed by atoms with Gasteiger partial charge in [0.15, 0.2) is 5.82 Å². The van der Waals surface area contributed by atoms with Gasteiger partial charge in [0.25, 0.3) is 5.91 Å². The van der Waals surface area contributed by atoms with Gasteiger partial charge in [0.05, 0.1) is 17.6 Å². The third-order valence-electron chi connectivity index (χ3n) is 8.49. The average Bonchev–Trinajstić information content (AvgIpc) is 3.23. The van der Waals surface area contributed by atoms with Crippen LogP contribution in [-0.2, 0) is 11.3 Å². The van der Waals surface area contributed by atoms with Crippen LogP contribution in [0.4, 0.5) is 0 Å². The van der Waals surface area contributed by atoms with Crippen LogP contribution in [-0.4, -0.2) is 44.4 Å². The van der Waals surface area contributed by atoms with E-state index in [-0.39, 0.29) is 23.8 Å². The van der Waals surface area contributed by atoms with Gasteiger partial charge in [0.1, 0.15) is 5.54 Å². The zero-order valence-electron chi connectivity index (χ0n) is 21.2. The van der Waals surface area contributed by atoms with Gasteiger partial charge in [0.2, 0.25) is 5.91 Å². The number of amides is 2. The summed E-state index contributed by atoms with van der Waals surface area (Å²) < 4.78 is 1.94. The van der Waals surface area contributed by atoms with E-state index in [2.05, 4.69) is 43.2 Å². The van der Waals surface area contributed by atoms with Crippen LogP contribution in [0.15, 0.2) is 54.6 Å². The molecule has 0 spiro atoms. The summed E-state index contributed by atoms with van der Waals surface area (Å²) in [5.74, 6) is 1.23. The van der Waals surface area contributed by atoms with Gasteiger partial charge in [0, 0.05) is 12.6 Å². The first-order valence-corrected chi connectivity index (χ1v) is 12.9. The molecule has 6 heteroatoms. The average molecular weight is 473 g/mol. The van der Waals surface area contributed by atoms with Crippen molar-refractivity contribution in [2.24, 2.45) is 11.8 Å². The Morgan fingerprint density at radius 2 is 1.83 bits per heavy atom. The Balaban J connectivity index is 1.52. The van der Waals surface area contributed by atoms with Gasteiger partial charge in [-0.25, -0.2) is 4.98 Å². The number of carbonyl (C=O) groups excluding carboxylic acids is 2. The lowest BCUT2D eigenvalue weighted by Gasteiger charge is -2.46. The summed E-state index contributed by atoms with van der Waals surface area (Å²) in [6.07, 6.45) is 3.31. The first-order chi connectivity index (χ1) is 16.8. The van der Waals surface area contributed by atoms with E-state index < -0.39 is 5.54 Å². The van der Waals surface area contributed by atoms with Crippen molar-refractivity contribution in [2.75, 3.05) is 6.54 Å². The molecule has 2 amide bonds. The topological polar surface area (TPSA) is 67.2 Å². The molecule has 1 saturated carbocycles. The second-order valence-corrected chi connectivity index (χ2v) is 10.9. The number of para-hydroxylation sites is 2. The number of fused-ring (bicyclic) bond motifs is 3. The molecule has 2 aliphatic rings. The SMILES string of the molecule is C[C@@H]1[C@H](C)CCC[C@H]1NC(=O)[C@@]1(C)Cn2c(nc3ccccc32)C(=O)N1C[C@@H](C)c1ccccc1. The first-order valence-electron chi connectivity index (χ1n) is 12.9. The summed E-state index contributed by atoms with van der Waals surface area (Å²) >= 11 is 0. The lowest BCUT2D eigenvalue weighted by Crippen LogP contribution is -2.66. The summed E-state index contributed by atoms with van der Waals surface area (Å²) in [4.78, 5) is 34.4. The standard InChI is InChI=1S/C29H36N4O2/c1-19-11-10-15-23(21(19)3)31-28(35)29(4)18-32-25-16-9-8-14-24(25)30-26(32)27(34)33(29)17-20(2)22-12-6-5-7-13-22/h5-9,12-14,16,19-21,23H,10-11,15,17-18H2,1-4H3,(H,31,35)/t19-,20-,21-,23-,29-/m1/s1. The Labute approximate surface area is 207 Å². The van der Waals surface area contributed by atoms with Crippen molar-refractivity contribution in [1.29, 1.82) is 0 Å². The highest BCUT2D eigenvalue weighted by atomic mass is 16.2. The zero-order chi connectivity index (χ0) is 24.7. The molecule has 0 saturated heterocycles. The molecule has 35 heavy (non-hydrogen) atoms. The highest BCUT2D eigenvalue weighted by molar-refractivity contribution is 6.01. The molecule has 0 radical (unpaired) electrons. The van der Waals surface area contributed by atoms with Crippen molar-refractivity contribution < 1.29 is 9.59 Å². The predicted molar refractivity (Wildman–Crippen MR) is 138 cm³/mol. The normalized spacial score (nSPS) is 27.5. The molecule has 2 aromatic carbocycles. The van der Waals surface area contributed by atoms with Gasteiger partial charge < -0.3 is 14.8 Å². The second-order valence-electron chi connectivity index (χ2n) is 10.9. The fourth-order valence-electron chi connectivity index (χ4n) is 5.89. The Morgan fingerprint density at radius 1 is 1.11 bits per heavy atom. The van der Waals surface area contributed by atoms with Gasteiger partial charge in [-0.2, -0.15) is 0 Å². The van der Waals surface area contributed by atoms with E-state index in [1.165, 1.54) is 6.42 Å². The molecule has 1 aliphatic carbocycles. The fourth-order valence-corrected chi connectivity index (χ4v) is 5.89. The Morgan fingerprint density at radius 3 is 2.60 bits per heavy atom. The van der Waals surface area contributed by atoms with Crippen LogP contribution in [0.25, 0.3) is 11.0 Å². The van der Waals surface area contributed by atoms with Crippen molar-refractivity contribution in [3.8, 4) is 0 Å². The van der Waals surface area contributed by atoms with Crippen LogP contribution in [0.5, 0.6) is 0 Å². The Hall–Kier alpha value is -3.15. The van der Waals surface area contributed by atoms with Gasteiger partial charge in [-0.3, -0.25) is 9.59 Å². The second kappa shape index (κ2) is 9.14. The molecule has 1 aromatic heterocycles. The number of hydrogen-bond acceptors (Lipinski definition) is 3. The molecule has 5 atom stereocenters. The number of carbonyl (C=O) groups is 2. The Bertz CT molecular complexity index is 1240. The molecule has 5 rings (SSSR count). The number of aromatic nitrogens is 2. The van der Waals surface area contributed by atoms with E-state index in [1.54, 1.807) is 4.90 Å². The van der Waals surface area contributed by atoms with Gasteiger partial charge in [-0.1, -0.05) is 76.1 Å². The maximum atomic E-state index is 14.0. The minimum Gasteiger partial charge on any atom is -0.351 e. The molecule has 1 aliphatic heterocycles. The number of benzene rings is 2. The van der Waals surface area contributed by atoms with Crippen LogP contribution in [0.1, 0.15) is 69.1 Å². The lowest BCUT2D eigenvalue weighted by molar-refractivity contribution is -0.134. The molecule has 0 unspecified atom stereocenters. The first kappa shape index (κ1) is 23.6. The van der Waals surface area contributed by atoms with Crippen molar-refractivity contribution in [2.45, 2.75) is 71.0 Å². The molecule has 0 bridgehead atoms. The van der Waals surface area contributed by atoms with Crippen LogP contribution in [0, 0.1) is 11.8 Å². The monoisotopic (exact) mass is 472 g/mol. The summed E-state index contributed by atoms with van der Waals surface area (Å²) in [6.45, 7) is 9.38. The molecular weight excluding hydrogens is 436 g/mol. The summed E-state index contributed by atoms with van der Waals surface area (Å²) in [5, 5.41) is 3.38. The highest BCUT2D eigenvalue weighted by Gasteiger charge is 2.49. The number of nitrogens with one attached hydrogen (secondary N) is 1. The maximum absolute atomic E-state index is 14.0. The summed E-state index contributed by atoms with van der Waals surface area (Å²) in [6, 6.07) is 18.1. The molecule has 1 fully saturated rings. The summed E-state index contributed by atoms with van der Waals surface area (Å²) in [7, 11) is 0. The van der Waals surface area contributed by atoms with E-state index in [9.17, 15) is 9.59 Å². The number of imidazole rings is 1. The van der Waals surface area contributed by atoms with Crippen molar-refractivity contribution in [3.05, 3.63) is 66.0 Å². The number of hydrogen-bond donors (Lipinski definition) is 1. The fraction of sp³-hybridized carbons (Fsp3) is 0.483. The quantitative estimate of drug-likeness (QED) is 0.569. The third-order valence-corrected chi connectivity index (χ3v) is 8.49. The van der Waals surface area contributed by atoms with Crippen molar-refractivity contribution in [3.63, 3.8) is 0 Å². The minimum absolute atomic E-state index is 0.0690. The van der Waals surface area contributed by atoms with Crippen LogP contribution >= 0.6 is 0 Å². The highest BCUT2D eigenvalue weighted by Crippen LogP contribution is 2.34. The largest absolute Gasteiger partial charge is 0.351 e. The minimum atomic E-state index is -1.02. The predicted octanol–water partition coefficient (Wildman–Crippen LogP) is 5.00. The van der Waals surface area contributed by atoms with Crippen molar-refractivity contribution >= 4 is 22.8 Å². The van der Waals surface area contributed by atoms with Crippen LogP contribution < -0.4 is 5.32 Å². The third kappa shape index (κ3) is 4.13. The number of nitrogens with zero attached hydrogens (tertiary/aromatic N) is 3. The van der Waals surface area contributed by atoms with Crippen molar-refractivity contribution in [1.82, 2.24) is 19.8 Å². The van der Waals surface area contributed by atoms with E-state index in [4.69, 9.17) is 0 Å². The zero-order valence-corrected chi connectivity index (χ0v) is 21.2. The van der Waals surface area contributed by atoms with E-state index in [0.717, 1.165) is 29.4 Å². The van der Waals surface area contributed by atoms with E-state index in [0.29, 0.717) is 30.7 Å². The van der Waals surface area contributed by atoms with E-state index >= 15 is 0 Å². The van der Waals surface area contributed by atoms with Crippen LogP contribution in [0.2, 0.25) is 0 Å². The van der Waals surface area contributed by atoms with Gasteiger partial charge in [-0.15, -0.1) is 0 Å². The summed E-state index contributed by atoms with van der Waals surface area (Å²) in [5.41, 5.74) is 1.81. The number of rotatable bonds is 5. The molecular formula is C29H36N4O2. The molecule has 1 N–H and O–H groups in total. The van der Waals surface area contributed by atoms with Crippen LogP contribution in [0.3, 0.4) is 0 Å². The maximum Gasteiger partial charge on any atom is 0.290 e. The molecule has 6 nitrogen and oxygen atoms in total. The lowest BCUT2D eigenvalue weighted by atomic mass is 9.77. The Kier molecular flexibility index (Phi) is 6.16.